The topological polar surface area (TPSA) is 58.1 Å². The molecule has 0 aliphatic carbocycles. The number of carbonyl (C=O) groups excluding carboxylic acids is 1. The summed E-state index contributed by atoms with van der Waals surface area (Å²) >= 11 is 0. The number of carbonyl (C=O) groups is 1. The highest BCUT2D eigenvalue weighted by Gasteiger charge is 2.30. The van der Waals surface area contributed by atoms with Gasteiger partial charge in [0.25, 0.3) is 5.91 Å². The third-order valence-corrected chi connectivity index (χ3v) is 3.99. The predicted molar refractivity (Wildman–Crippen MR) is 100.0 cm³/mol. The van der Waals surface area contributed by atoms with Crippen LogP contribution in [0.15, 0.2) is 67.0 Å². The number of aromatic nitrogens is 2. The van der Waals surface area contributed by atoms with Gasteiger partial charge in [-0.3, -0.25) is 4.79 Å². The van der Waals surface area contributed by atoms with Crippen molar-refractivity contribution in [2.45, 2.75) is 12.7 Å². The molecule has 3 rings (SSSR count). The molecule has 1 amide bonds. The van der Waals surface area contributed by atoms with E-state index in [1.54, 1.807) is 0 Å². The minimum Gasteiger partial charge on any atom is -0.355 e. The predicted octanol–water partition coefficient (Wildman–Crippen LogP) is 4.38. The smallest absolute Gasteiger partial charge is 0.355 e. The quantitative estimate of drug-likeness (QED) is 0.707. The molecule has 0 atom stereocenters. The highest BCUT2D eigenvalue weighted by Crippen LogP contribution is 2.30. The summed E-state index contributed by atoms with van der Waals surface area (Å²) in [4.78, 5) is 22.3. The molecule has 0 spiro atoms. The van der Waals surface area contributed by atoms with Gasteiger partial charge in [0, 0.05) is 25.3 Å². The lowest BCUT2D eigenvalue weighted by Crippen LogP contribution is -2.20. The Balaban J connectivity index is 1.74. The minimum atomic E-state index is -4.48. The number of nitrogens with one attached hydrogen (secondary N) is 1. The average Bonchev–Trinajstić information content (AvgIpc) is 2.68. The zero-order valence-corrected chi connectivity index (χ0v) is 14.9. The molecule has 0 saturated carbocycles. The molecule has 5 nitrogen and oxygen atoms in total. The molecule has 1 aromatic heterocycles. The number of alkyl halides is 3. The van der Waals surface area contributed by atoms with Crippen LogP contribution in [0, 0.1) is 0 Å². The second-order valence-electron chi connectivity index (χ2n) is 6.14. The van der Waals surface area contributed by atoms with Gasteiger partial charge < -0.3 is 10.2 Å². The Bertz CT molecular complexity index is 961. The number of nitrogens with zero attached hydrogens (tertiary/aromatic N) is 3. The first-order valence-electron chi connectivity index (χ1n) is 8.38. The van der Waals surface area contributed by atoms with Crippen molar-refractivity contribution in [1.82, 2.24) is 9.97 Å². The number of hydrogen-bond donors (Lipinski definition) is 1. The molecule has 0 radical (unpaired) electrons. The molecule has 0 aliphatic rings. The molecule has 0 bridgehead atoms. The Kier molecular flexibility index (Phi) is 5.58. The standard InChI is InChI=1S/C20H17F3N4O/c1-27(12-14-6-3-2-4-7-14)18-11-17(24-13-25-18)19(28)26-16-9-5-8-15(10-16)20(21,22)23/h2-11,13H,12H2,1H3,(H,26,28). The molecule has 2 aromatic carbocycles. The lowest BCUT2D eigenvalue weighted by molar-refractivity contribution is -0.137. The van der Waals surface area contributed by atoms with Crippen LogP contribution in [0.5, 0.6) is 0 Å². The summed E-state index contributed by atoms with van der Waals surface area (Å²) in [7, 11) is 1.82. The average molecular weight is 386 g/mol. The Labute approximate surface area is 159 Å². The number of hydrogen-bond acceptors (Lipinski definition) is 4. The first-order chi connectivity index (χ1) is 13.3. The molecule has 0 saturated heterocycles. The van der Waals surface area contributed by atoms with Crippen molar-refractivity contribution in [3.8, 4) is 0 Å². The van der Waals surface area contributed by atoms with E-state index in [2.05, 4.69) is 15.3 Å². The van der Waals surface area contributed by atoms with E-state index in [0.29, 0.717) is 12.4 Å². The molecule has 3 aromatic rings. The Morgan fingerprint density at radius 3 is 2.50 bits per heavy atom. The summed E-state index contributed by atoms with van der Waals surface area (Å²) in [6.07, 6.45) is -3.24. The second-order valence-corrected chi connectivity index (χ2v) is 6.14. The van der Waals surface area contributed by atoms with Crippen LogP contribution in [0.4, 0.5) is 24.7 Å². The van der Waals surface area contributed by atoms with Crippen molar-refractivity contribution in [2.24, 2.45) is 0 Å². The molecule has 144 valence electrons. The highest BCUT2D eigenvalue weighted by atomic mass is 19.4. The summed E-state index contributed by atoms with van der Waals surface area (Å²) in [6, 6.07) is 15.6. The molecular formula is C20H17F3N4O. The van der Waals surface area contributed by atoms with E-state index < -0.39 is 17.6 Å². The minimum absolute atomic E-state index is 0.0395. The second kappa shape index (κ2) is 8.08. The van der Waals surface area contributed by atoms with Crippen molar-refractivity contribution in [3.63, 3.8) is 0 Å². The van der Waals surface area contributed by atoms with Crippen LogP contribution in [0.3, 0.4) is 0 Å². The fourth-order valence-electron chi connectivity index (χ4n) is 2.59. The van der Waals surface area contributed by atoms with Gasteiger partial charge >= 0.3 is 6.18 Å². The Hall–Kier alpha value is -3.42. The zero-order chi connectivity index (χ0) is 20.1. The number of benzene rings is 2. The largest absolute Gasteiger partial charge is 0.416 e. The summed E-state index contributed by atoms with van der Waals surface area (Å²) in [5.41, 5.74) is 0.329. The van der Waals surface area contributed by atoms with Gasteiger partial charge in [-0.15, -0.1) is 0 Å². The van der Waals surface area contributed by atoms with Gasteiger partial charge in [0.05, 0.1) is 5.56 Å². The highest BCUT2D eigenvalue weighted by molar-refractivity contribution is 6.03. The lowest BCUT2D eigenvalue weighted by Gasteiger charge is -2.18. The van der Waals surface area contributed by atoms with Crippen LogP contribution in [0.1, 0.15) is 21.6 Å². The number of rotatable bonds is 5. The van der Waals surface area contributed by atoms with Gasteiger partial charge in [0.2, 0.25) is 0 Å². The van der Waals surface area contributed by atoms with Crippen LogP contribution in [0.25, 0.3) is 0 Å². The Morgan fingerprint density at radius 2 is 1.79 bits per heavy atom. The van der Waals surface area contributed by atoms with Gasteiger partial charge in [-0.2, -0.15) is 13.2 Å². The van der Waals surface area contributed by atoms with E-state index >= 15 is 0 Å². The molecule has 28 heavy (non-hydrogen) atoms. The zero-order valence-electron chi connectivity index (χ0n) is 14.9. The SMILES string of the molecule is CN(Cc1ccccc1)c1cc(C(=O)Nc2cccc(C(F)(F)F)c2)ncn1. The molecule has 0 aliphatic heterocycles. The maximum absolute atomic E-state index is 12.8. The van der Waals surface area contributed by atoms with Crippen molar-refractivity contribution < 1.29 is 18.0 Å². The van der Waals surface area contributed by atoms with Gasteiger partial charge in [0.1, 0.15) is 17.8 Å². The number of halogens is 3. The summed E-state index contributed by atoms with van der Waals surface area (Å²) < 4.78 is 38.4. The van der Waals surface area contributed by atoms with Crippen molar-refractivity contribution >= 4 is 17.4 Å². The number of amides is 1. The maximum atomic E-state index is 12.8. The van der Waals surface area contributed by atoms with Crippen LogP contribution in [-0.4, -0.2) is 22.9 Å². The van der Waals surface area contributed by atoms with E-state index in [-0.39, 0.29) is 11.4 Å². The molecule has 0 unspecified atom stereocenters. The van der Waals surface area contributed by atoms with Crippen LogP contribution in [-0.2, 0) is 12.7 Å². The summed E-state index contributed by atoms with van der Waals surface area (Å²) in [6.45, 7) is 0.576. The first kappa shape index (κ1) is 19.3. The third-order valence-electron chi connectivity index (χ3n) is 3.99. The maximum Gasteiger partial charge on any atom is 0.416 e. The Morgan fingerprint density at radius 1 is 1.04 bits per heavy atom. The lowest BCUT2D eigenvalue weighted by atomic mass is 10.2. The molecule has 1 N–H and O–H groups in total. The summed E-state index contributed by atoms with van der Waals surface area (Å²) in [5.74, 6) is -0.0934. The van der Waals surface area contributed by atoms with Crippen LogP contribution in [0.2, 0.25) is 0 Å². The fraction of sp³-hybridized carbons (Fsp3) is 0.150. The normalized spacial score (nSPS) is 11.1. The summed E-state index contributed by atoms with van der Waals surface area (Å²) in [5, 5.41) is 2.44. The van der Waals surface area contributed by atoms with Gasteiger partial charge in [-0.1, -0.05) is 36.4 Å². The molecule has 1 heterocycles. The van der Waals surface area contributed by atoms with Crippen LogP contribution < -0.4 is 10.2 Å². The van der Waals surface area contributed by atoms with Gasteiger partial charge in [-0.25, -0.2) is 9.97 Å². The van der Waals surface area contributed by atoms with Crippen LogP contribution >= 0.6 is 0 Å². The van der Waals surface area contributed by atoms with E-state index in [0.717, 1.165) is 17.7 Å². The van der Waals surface area contributed by atoms with Crippen molar-refractivity contribution in [2.75, 3.05) is 17.3 Å². The molecule has 0 fully saturated rings. The molecule has 8 heteroatoms. The van der Waals surface area contributed by atoms with Gasteiger partial charge in [0.15, 0.2) is 0 Å². The van der Waals surface area contributed by atoms with Crippen molar-refractivity contribution in [1.29, 1.82) is 0 Å². The fourth-order valence-corrected chi connectivity index (χ4v) is 2.59. The van der Waals surface area contributed by atoms with Gasteiger partial charge in [-0.05, 0) is 23.8 Å². The van der Waals surface area contributed by atoms with E-state index in [9.17, 15) is 18.0 Å². The van der Waals surface area contributed by atoms with E-state index in [4.69, 9.17) is 0 Å². The van der Waals surface area contributed by atoms with E-state index in [1.807, 2.05) is 42.3 Å². The molecular weight excluding hydrogens is 369 g/mol. The number of anilines is 2. The monoisotopic (exact) mass is 386 g/mol. The first-order valence-corrected chi connectivity index (χ1v) is 8.38. The third kappa shape index (κ3) is 4.85. The van der Waals surface area contributed by atoms with Crippen molar-refractivity contribution in [3.05, 3.63) is 83.8 Å². The van der Waals surface area contributed by atoms with E-state index in [1.165, 1.54) is 24.5 Å².